The molecule has 20 heavy (non-hydrogen) atoms. The molecule has 0 aliphatic heterocycles. The molecule has 0 aromatic heterocycles. The van der Waals surface area contributed by atoms with Crippen molar-refractivity contribution < 1.29 is 9.53 Å². The van der Waals surface area contributed by atoms with E-state index < -0.39 is 0 Å². The topological polar surface area (TPSA) is 38.3 Å². The first-order chi connectivity index (χ1) is 9.51. The van der Waals surface area contributed by atoms with E-state index in [9.17, 15) is 4.79 Å². The Morgan fingerprint density at radius 1 is 1.15 bits per heavy atom. The number of amides is 1. The SMILES string of the molecule is COc1ccc(Br)cc1C(=O)Nc1cc(C)ccc1C. The molecule has 0 heterocycles. The van der Waals surface area contributed by atoms with Crippen LogP contribution < -0.4 is 10.1 Å². The van der Waals surface area contributed by atoms with Crippen LogP contribution in [-0.4, -0.2) is 13.0 Å². The van der Waals surface area contributed by atoms with Crippen LogP contribution in [0.15, 0.2) is 40.9 Å². The quantitative estimate of drug-likeness (QED) is 0.907. The summed E-state index contributed by atoms with van der Waals surface area (Å²) < 4.78 is 6.07. The van der Waals surface area contributed by atoms with Crippen LogP contribution in [0, 0.1) is 13.8 Å². The monoisotopic (exact) mass is 333 g/mol. The van der Waals surface area contributed by atoms with Gasteiger partial charge >= 0.3 is 0 Å². The van der Waals surface area contributed by atoms with Gasteiger partial charge in [0.05, 0.1) is 12.7 Å². The van der Waals surface area contributed by atoms with E-state index in [-0.39, 0.29) is 5.91 Å². The molecule has 0 unspecified atom stereocenters. The number of aryl methyl sites for hydroxylation is 2. The molecule has 0 atom stereocenters. The second kappa shape index (κ2) is 6.09. The van der Waals surface area contributed by atoms with Gasteiger partial charge in [0.2, 0.25) is 0 Å². The molecule has 1 amide bonds. The summed E-state index contributed by atoms with van der Waals surface area (Å²) in [4.78, 5) is 12.4. The first-order valence-corrected chi connectivity index (χ1v) is 7.02. The van der Waals surface area contributed by atoms with Gasteiger partial charge in [-0.25, -0.2) is 0 Å². The Balaban J connectivity index is 2.32. The Hall–Kier alpha value is -1.81. The fraction of sp³-hybridized carbons (Fsp3) is 0.188. The highest BCUT2D eigenvalue weighted by molar-refractivity contribution is 9.10. The molecule has 0 bridgehead atoms. The van der Waals surface area contributed by atoms with E-state index in [0.717, 1.165) is 21.3 Å². The first kappa shape index (κ1) is 14.6. The number of carbonyl (C=O) groups excluding carboxylic acids is 1. The molecule has 2 aromatic carbocycles. The molecule has 104 valence electrons. The third-order valence-electron chi connectivity index (χ3n) is 3.05. The van der Waals surface area contributed by atoms with E-state index in [1.54, 1.807) is 19.2 Å². The van der Waals surface area contributed by atoms with Gasteiger partial charge in [-0.05, 0) is 49.2 Å². The van der Waals surface area contributed by atoms with Gasteiger partial charge in [0.15, 0.2) is 0 Å². The Kier molecular flexibility index (Phi) is 4.45. The molecular formula is C16H16BrNO2. The van der Waals surface area contributed by atoms with Crippen molar-refractivity contribution in [1.29, 1.82) is 0 Å². The van der Waals surface area contributed by atoms with Crippen LogP contribution in [0.1, 0.15) is 21.5 Å². The zero-order valence-electron chi connectivity index (χ0n) is 11.7. The minimum Gasteiger partial charge on any atom is -0.496 e. The van der Waals surface area contributed by atoms with Crippen molar-refractivity contribution in [2.45, 2.75) is 13.8 Å². The maximum Gasteiger partial charge on any atom is 0.259 e. The molecule has 4 heteroatoms. The molecule has 0 radical (unpaired) electrons. The van der Waals surface area contributed by atoms with E-state index >= 15 is 0 Å². The van der Waals surface area contributed by atoms with Gasteiger partial charge in [-0.15, -0.1) is 0 Å². The highest BCUT2D eigenvalue weighted by Gasteiger charge is 2.14. The van der Waals surface area contributed by atoms with Crippen molar-refractivity contribution in [2.24, 2.45) is 0 Å². The van der Waals surface area contributed by atoms with Crippen molar-refractivity contribution >= 4 is 27.5 Å². The van der Waals surface area contributed by atoms with Gasteiger partial charge in [-0.1, -0.05) is 28.1 Å². The predicted molar refractivity (Wildman–Crippen MR) is 84.6 cm³/mol. The minimum atomic E-state index is -0.183. The minimum absolute atomic E-state index is 0.183. The molecule has 3 nitrogen and oxygen atoms in total. The maximum atomic E-state index is 12.4. The third kappa shape index (κ3) is 3.20. The van der Waals surface area contributed by atoms with E-state index in [1.165, 1.54) is 0 Å². The second-order valence-corrected chi connectivity index (χ2v) is 5.53. The molecule has 2 aromatic rings. The Labute approximate surface area is 127 Å². The van der Waals surface area contributed by atoms with Gasteiger partial charge in [-0.3, -0.25) is 4.79 Å². The number of hydrogen-bond acceptors (Lipinski definition) is 2. The number of nitrogens with one attached hydrogen (secondary N) is 1. The van der Waals surface area contributed by atoms with Crippen molar-refractivity contribution in [1.82, 2.24) is 0 Å². The molecular weight excluding hydrogens is 318 g/mol. The van der Waals surface area contributed by atoms with Gasteiger partial charge in [0.1, 0.15) is 5.75 Å². The zero-order valence-corrected chi connectivity index (χ0v) is 13.2. The van der Waals surface area contributed by atoms with Crippen molar-refractivity contribution in [3.05, 3.63) is 57.6 Å². The van der Waals surface area contributed by atoms with E-state index in [4.69, 9.17) is 4.74 Å². The molecule has 0 saturated carbocycles. The Morgan fingerprint density at radius 2 is 1.90 bits per heavy atom. The Morgan fingerprint density at radius 3 is 2.60 bits per heavy atom. The lowest BCUT2D eigenvalue weighted by molar-refractivity contribution is 0.102. The average Bonchev–Trinajstić information content (AvgIpc) is 2.42. The van der Waals surface area contributed by atoms with Gasteiger partial charge < -0.3 is 10.1 Å². The van der Waals surface area contributed by atoms with E-state index in [1.807, 2.05) is 38.1 Å². The summed E-state index contributed by atoms with van der Waals surface area (Å²) in [7, 11) is 1.55. The number of rotatable bonds is 3. The third-order valence-corrected chi connectivity index (χ3v) is 3.54. The zero-order chi connectivity index (χ0) is 14.7. The highest BCUT2D eigenvalue weighted by atomic mass is 79.9. The molecule has 2 rings (SSSR count). The summed E-state index contributed by atoms with van der Waals surface area (Å²) in [5.41, 5.74) is 3.45. The van der Waals surface area contributed by atoms with Crippen molar-refractivity contribution in [3.63, 3.8) is 0 Å². The summed E-state index contributed by atoms with van der Waals surface area (Å²) >= 11 is 3.37. The van der Waals surface area contributed by atoms with Gasteiger partial charge in [0.25, 0.3) is 5.91 Å². The van der Waals surface area contributed by atoms with E-state index in [2.05, 4.69) is 21.2 Å². The van der Waals surface area contributed by atoms with Crippen LogP contribution in [0.2, 0.25) is 0 Å². The molecule has 0 saturated heterocycles. The smallest absolute Gasteiger partial charge is 0.259 e. The maximum absolute atomic E-state index is 12.4. The normalized spacial score (nSPS) is 10.2. The summed E-state index contributed by atoms with van der Waals surface area (Å²) in [5, 5.41) is 2.93. The molecule has 0 spiro atoms. The number of anilines is 1. The highest BCUT2D eigenvalue weighted by Crippen LogP contribution is 2.25. The standard InChI is InChI=1S/C16H16BrNO2/c1-10-4-5-11(2)14(8-10)18-16(19)13-9-12(17)6-7-15(13)20-3/h4-9H,1-3H3,(H,18,19). The average molecular weight is 334 g/mol. The largest absolute Gasteiger partial charge is 0.496 e. The molecule has 0 aliphatic rings. The number of methoxy groups -OCH3 is 1. The molecule has 0 fully saturated rings. The number of benzene rings is 2. The predicted octanol–water partition coefficient (Wildman–Crippen LogP) is 4.33. The lowest BCUT2D eigenvalue weighted by Gasteiger charge is -2.12. The molecule has 0 aliphatic carbocycles. The van der Waals surface area contributed by atoms with Crippen molar-refractivity contribution in [2.75, 3.05) is 12.4 Å². The molecule has 1 N–H and O–H groups in total. The lowest BCUT2D eigenvalue weighted by atomic mass is 10.1. The number of hydrogen-bond donors (Lipinski definition) is 1. The number of halogens is 1. The van der Waals surface area contributed by atoms with Crippen LogP contribution in [-0.2, 0) is 0 Å². The van der Waals surface area contributed by atoms with Crippen LogP contribution >= 0.6 is 15.9 Å². The first-order valence-electron chi connectivity index (χ1n) is 6.23. The van der Waals surface area contributed by atoms with Gasteiger partial charge in [-0.2, -0.15) is 0 Å². The lowest BCUT2D eigenvalue weighted by Crippen LogP contribution is -2.14. The number of carbonyl (C=O) groups is 1. The van der Waals surface area contributed by atoms with E-state index in [0.29, 0.717) is 11.3 Å². The van der Waals surface area contributed by atoms with Crippen LogP contribution in [0.3, 0.4) is 0 Å². The summed E-state index contributed by atoms with van der Waals surface area (Å²) in [5.74, 6) is 0.368. The van der Waals surface area contributed by atoms with Crippen LogP contribution in [0.4, 0.5) is 5.69 Å². The fourth-order valence-electron chi connectivity index (χ4n) is 1.92. The van der Waals surface area contributed by atoms with Gasteiger partial charge in [0, 0.05) is 10.2 Å². The van der Waals surface area contributed by atoms with Crippen LogP contribution in [0.25, 0.3) is 0 Å². The van der Waals surface area contributed by atoms with Crippen LogP contribution in [0.5, 0.6) is 5.75 Å². The summed E-state index contributed by atoms with van der Waals surface area (Å²) in [6, 6.07) is 11.3. The number of ether oxygens (including phenoxy) is 1. The Bertz CT molecular complexity index is 653. The van der Waals surface area contributed by atoms with Crippen molar-refractivity contribution in [3.8, 4) is 5.75 Å². The second-order valence-electron chi connectivity index (χ2n) is 4.62. The fourth-order valence-corrected chi connectivity index (χ4v) is 2.28. The summed E-state index contributed by atoms with van der Waals surface area (Å²) in [6.07, 6.45) is 0. The summed E-state index contributed by atoms with van der Waals surface area (Å²) in [6.45, 7) is 3.96.